The van der Waals surface area contributed by atoms with Gasteiger partial charge < -0.3 is 9.64 Å². The quantitative estimate of drug-likeness (QED) is 0.626. The van der Waals surface area contributed by atoms with Crippen LogP contribution in [0, 0.1) is 10.1 Å². The van der Waals surface area contributed by atoms with Gasteiger partial charge in [0, 0.05) is 18.7 Å². The summed E-state index contributed by atoms with van der Waals surface area (Å²) in [6, 6.07) is 11.5. The minimum absolute atomic E-state index is 0.0273. The van der Waals surface area contributed by atoms with Gasteiger partial charge in [-0.2, -0.15) is 0 Å². The van der Waals surface area contributed by atoms with Crippen LogP contribution in [0.25, 0.3) is 0 Å². The van der Waals surface area contributed by atoms with Gasteiger partial charge in [-0.15, -0.1) is 0 Å². The molecule has 0 bridgehead atoms. The summed E-state index contributed by atoms with van der Waals surface area (Å²) in [6.45, 7) is 0.338. The molecule has 0 aliphatic carbocycles. The maximum Gasteiger partial charge on any atom is 0.271 e. The fraction of sp³-hybridized carbons (Fsp3) is 0.235. The molecule has 6 nitrogen and oxygen atoms in total. The molecule has 24 heavy (non-hydrogen) atoms. The van der Waals surface area contributed by atoms with Crippen molar-refractivity contribution < 1.29 is 14.5 Å². The Morgan fingerprint density at radius 3 is 2.83 bits per heavy atom. The molecule has 2 aromatic rings. The standard InChI is InChI=1S/C17H15ClN2O4/c18-14-5-1-2-6-16(14)24-11-17(21)19-9-3-4-12-7-8-13(20(22)23)10-15(12)19/h1-2,5-8,10H,3-4,9,11H2. The summed E-state index contributed by atoms with van der Waals surface area (Å²) in [5, 5.41) is 11.4. The van der Waals surface area contributed by atoms with Crippen molar-refractivity contribution in [3.63, 3.8) is 0 Å². The molecule has 2 aromatic carbocycles. The third kappa shape index (κ3) is 3.33. The van der Waals surface area contributed by atoms with E-state index >= 15 is 0 Å². The first-order chi connectivity index (χ1) is 11.6. The van der Waals surface area contributed by atoms with Crippen molar-refractivity contribution in [2.75, 3.05) is 18.1 Å². The minimum atomic E-state index is -0.461. The normalized spacial score (nSPS) is 13.3. The minimum Gasteiger partial charge on any atom is -0.482 e. The molecule has 0 saturated heterocycles. The predicted octanol–water partition coefficient (Wildman–Crippen LogP) is 3.61. The number of non-ortho nitro benzene ring substituents is 1. The molecular weight excluding hydrogens is 332 g/mol. The number of nitrogens with zero attached hydrogens (tertiary/aromatic N) is 2. The average molecular weight is 347 g/mol. The van der Waals surface area contributed by atoms with Crippen LogP contribution in [0.4, 0.5) is 11.4 Å². The molecule has 0 unspecified atom stereocenters. The zero-order chi connectivity index (χ0) is 17.1. The van der Waals surface area contributed by atoms with E-state index in [-0.39, 0.29) is 18.2 Å². The number of anilines is 1. The van der Waals surface area contributed by atoms with Gasteiger partial charge in [-0.25, -0.2) is 0 Å². The third-order valence-corrected chi connectivity index (χ3v) is 4.20. The molecule has 1 aliphatic heterocycles. The highest BCUT2D eigenvalue weighted by molar-refractivity contribution is 6.32. The van der Waals surface area contributed by atoms with E-state index < -0.39 is 4.92 Å². The van der Waals surface area contributed by atoms with E-state index in [0.29, 0.717) is 23.0 Å². The van der Waals surface area contributed by atoms with Crippen LogP contribution in [0.3, 0.4) is 0 Å². The first-order valence-electron chi connectivity index (χ1n) is 7.51. The second-order valence-electron chi connectivity index (χ2n) is 5.44. The fourth-order valence-corrected chi connectivity index (χ4v) is 2.91. The Kier molecular flexibility index (Phi) is 4.66. The molecule has 7 heteroatoms. The number of nitro benzene ring substituents is 1. The third-order valence-electron chi connectivity index (χ3n) is 3.89. The molecule has 1 aliphatic rings. The van der Waals surface area contributed by atoms with E-state index in [1.165, 1.54) is 12.1 Å². The molecule has 1 amide bonds. The van der Waals surface area contributed by atoms with Gasteiger partial charge >= 0.3 is 0 Å². The number of carbonyl (C=O) groups is 1. The van der Waals surface area contributed by atoms with Crippen LogP contribution in [-0.4, -0.2) is 24.0 Å². The van der Waals surface area contributed by atoms with Gasteiger partial charge in [0.1, 0.15) is 5.75 Å². The Hall–Kier alpha value is -2.60. The number of aryl methyl sites for hydroxylation is 1. The summed E-state index contributed by atoms with van der Waals surface area (Å²) in [4.78, 5) is 24.6. The van der Waals surface area contributed by atoms with Gasteiger partial charge in [0.05, 0.1) is 15.6 Å². The number of benzene rings is 2. The largest absolute Gasteiger partial charge is 0.482 e. The van der Waals surface area contributed by atoms with Crippen LogP contribution in [0.2, 0.25) is 5.02 Å². The van der Waals surface area contributed by atoms with Gasteiger partial charge in [-0.1, -0.05) is 29.8 Å². The Labute approximate surface area is 143 Å². The lowest BCUT2D eigenvalue weighted by molar-refractivity contribution is -0.384. The number of amides is 1. The van der Waals surface area contributed by atoms with E-state index in [1.54, 1.807) is 35.2 Å². The number of hydrogen-bond donors (Lipinski definition) is 0. The second kappa shape index (κ2) is 6.88. The topological polar surface area (TPSA) is 72.7 Å². The molecule has 0 radical (unpaired) electrons. The van der Waals surface area contributed by atoms with Crippen LogP contribution in [0.5, 0.6) is 5.75 Å². The van der Waals surface area contributed by atoms with Crippen molar-refractivity contribution in [1.29, 1.82) is 0 Å². The summed E-state index contributed by atoms with van der Waals surface area (Å²) in [7, 11) is 0. The van der Waals surface area contributed by atoms with E-state index in [1.807, 2.05) is 0 Å². The Balaban J connectivity index is 1.78. The van der Waals surface area contributed by atoms with Gasteiger partial charge in [-0.3, -0.25) is 14.9 Å². The van der Waals surface area contributed by atoms with Crippen molar-refractivity contribution in [3.8, 4) is 5.75 Å². The number of nitro groups is 1. The fourth-order valence-electron chi connectivity index (χ4n) is 2.71. The van der Waals surface area contributed by atoms with Gasteiger partial charge in [-0.05, 0) is 30.5 Å². The molecule has 0 N–H and O–H groups in total. The lowest BCUT2D eigenvalue weighted by atomic mass is 10.0. The molecule has 124 valence electrons. The lowest BCUT2D eigenvalue weighted by Gasteiger charge is -2.29. The summed E-state index contributed by atoms with van der Waals surface area (Å²) in [5.41, 5.74) is 1.49. The lowest BCUT2D eigenvalue weighted by Crippen LogP contribution is -2.38. The first-order valence-corrected chi connectivity index (χ1v) is 7.89. The molecule has 0 fully saturated rings. The van der Waals surface area contributed by atoms with Crippen molar-refractivity contribution >= 4 is 28.9 Å². The van der Waals surface area contributed by atoms with Crippen LogP contribution in [0.15, 0.2) is 42.5 Å². The number of fused-ring (bicyclic) bond motifs is 1. The molecule has 0 spiro atoms. The monoisotopic (exact) mass is 346 g/mol. The highest BCUT2D eigenvalue weighted by Gasteiger charge is 2.25. The second-order valence-corrected chi connectivity index (χ2v) is 5.85. The average Bonchev–Trinajstić information content (AvgIpc) is 2.59. The number of halogens is 1. The van der Waals surface area contributed by atoms with Gasteiger partial charge in [0.25, 0.3) is 11.6 Å². The molecule has 0 aromatic heterocycles. The molecular formula is C17H15ClN2O4. The Morgan fingerprint density at radius 1 is 1.29 bits per heavy atom. The Morgan fingerprint density at radius 2 is 2.08 bits per heavy atom. The highest BCUT2D eigenvalue weighted by atomic mass is 35.5. The molecule has 1 heterocycles. The maximum atomic E-state index is 12.5. The number of hydrogen-bond acceptors (Lipinski definition) is 4. The molecule has 0 atom stereocenters. The van der Waals surface area contributed by atoms with Gasteiger partial charge in [0.15, 0.2) is 6.61 Å². The zero-order valence-corrected chi connectivity index (χ0v) is 13.5. The van der Waals surface area contributed by atoms with Crippen molar-refractivity contribution in [2.24, 2.45) is 0 Å². The van der Waals surface area contributed by atoms with Gasteiger partial charge in [0.2, 0.25) is 0 Å². The van der Waals surface area contributed by atoms with Crippen LogP contribution < -0.4 is 9.64 Å². The number of carbonyl (C=O) groups excluding carboxylic acids is 1. The zero-order valence-electron chi connectivity index (χ0n) is 12.8. The summed E-state index contributed by atoms with van der Waals surface area (Å²) < 4.78 is 5.49. The number of para-hydroxylation sites is 1. The van der Waals surface area contributed by atoms with Crippen LogP contribution >= 0.6 is 11.6 Å². The predicted molar refractivity (Wildman–Crippen MR) is 90.7 cm³/mol. The van der Waals surface area contributed by atoms with Crippen molar-refractivity contribution in [1.82, 2.24) is 0 Å². The van der Waals surface area contributed by atoms with E-state index in [4.69, 9.17) is 16.3 Å². The SMILES string of the molecule is O=C(COc1ccccc1Cl)N1CCCc2ccc([N+](=O)[O-])cc21. The maximum absolute atomic E-state index is 12.5. The van der Waals surface area contributed by atoms with E-state index in [0.717, 1.165) is 18.4 Å². The van der Waals surface area contributed by atoms with E-state index in [9.17, 15) is 14.9 Å². The summed E-state index contributed by atoms with van der Waals surface area (Å²) >= 11 is 6.01. The summed E-state index contributed by atoms with van der Waals surface area (Å²) in [5.74, 6) is 0.181. The Bertz CT molecular complexity index is 794. The van der Waals surface area contributed by atoms with Crippen molar-refractivity contribution in [3.05, 3.63) is 63.2 Å². The van der Waals surface area contributed by atoms with E-state index in [2.05, 4.69) is 0 Å². The molecule has 0 saturated carbocycles. The number of ether oxygens (including phenoxy) is 1. The first kappa shape index (κ1) is 16.3. The van der Waals surface area contributed by atoms with Crippen LogP contribution in [-0.2, 0) is 11.2 Å². The van der Waals surface area contributed by atoms with Crippen LogP contribution in [0.1, 0.15) is 12.0 Å². The molecule has 3 rings (SSSR count). The smallest absolute Gasteiger partial charge is 0.271 e. The highest BCUT2D eigenvalue weighted by Crippen LogP contribution is 2.31. The summed E-state index contributed by atoms with van der Waals surface area (Å²) in [6.07, 6.45) is 1.60. The number of rotatable bonds is 4. The van der Waals surface area contributed by atoms with Crippen molar-refractivity contribution in [2.45, 2.75) is 12.8 Å².